The highest BCUT2D eigenvalue weighted by Gasteiger charge is 2.45. The number of nitrogens with zero attached hydrogens (tertiary/aromatic N) is 5. The van der Waals surface area contributed by atoms with Crippen LogP contribution in [-0.2, 0) is 4.79 Å². The van der Waals surface area contributed by atoms with Gasteiger partial charge in [0.15, 0.2) is 5.82 Å². The van der Waals surface area contributed by atoms with Crippen molar-refractivity contribution in [2.24, 2.45) is 11.8 Å². The largest absolute Gasteiger partial charge is 0.396 e. The van der Waals surface area contributed by atoms with Crippen molar-refractivity contribution in [3.8, 4) is 11.3 Å². The maximum atomic E-state index is 12.9. The molecule has 1 aliphatic heterocycles. The third-order valence-electron chi connectivity index (χ3n) is 7.37. The van der Waals surface area contributed by atoms with Crippen LogP contribution in [-0.4, -0.2) is 51.4 Å². The molecular formula is C25H31N7O. The van der Waals surface area contributed by atoms with E-state index in [0.717, 1.165) is 68.1 Å². The number of anilines is 3. The van der Waals surface area contributed by atoms with Crippen LogP contribution in [0.15, 0.2) is 18.7 Å². The summed E-state index contributed by atoms with van der Waals surface area (Å²) in [5, 5.41) is 0. The summed E-state index contributed by atoms with van der Waals surface area (Å²) in [6.07, 6.45) is 8.44. The van der Waals surface area contributed by atoms with E-state index in [0.29, 0.717) is 29.1 Å². The maximum absolute atomic E-state index is 12.9. The Bertz CT molecular complexity index is 1120. The summed E-state index contributed by atoms with van der Waals surface area (Å²) in [5.74, 6) is 2.72. The summed E-state index contributed by atoms with van der Waals surface area (Å²) in [6.45, 7) is 6.14. The second kappa shape index (κ2) is 7.71. The number of hydrogen-bond donors (Lipinski definition) is 2. The molecular weight excluding hydrogens is 414 g/mol. The first kappa shape index (κ1) is 20.4. The summed E-state index contributed by atoms with van der Waals surface area (Å²) in [6, 6.07) is 4.16. The van der Waals surface area contributed by atoms with Gasteiger partial charge < -0.3 is 21.3 Å². The molecule has 33 heavy (non-hydrogen) atoms. The Kier molecular flexibility index (Phi) is 4.78. The molecule has 0 unspecified atom stereocenters. The summed E-state index contributed by atoms with van der Waals surface area (Å²) in [4.78, 5) is 31.1. The van der Waals surface area contributed by atoms with E-state index < -0.39 is 0 Å². The van der Waals surface area contributed by atoms with Gasteiger partial charge in [0.2, 0.25) is 11.9 Å². The van der Waals surface area contributed by atoms with Gasteiger partial charge in [-0.15, -0.1) is 0 Å². The highest BCUT2D eigenvalue weighted by Crippen LogP contribution is 2.46. The molecule has 4 fully saturated rings. The smallest absolute Gasteiger partial charge is 0.226 e. The molecule has 3 heterocycles. The SMILES string of the molecule is C=Cc1cc(-c2cc(N)c(N3CCN(C(=O)C4CC4)[C@H](C4CC4)C3)nc2C2CC2)nc(N)n1. The normalized spacial score (nSPS) is 23.0. The summed E-state index contributed by atoms with van der Waals surface area (Å²) >= 11 is 0. The average molecular weight is 446 g/mol. The Labute approximate surface area is 194 Å². The molecule has 4 N–H and O–H groups in total. The van der Waals surface area contributed by atoms with E-state index >= 15 is 0 Å². The lowest BCUT2D eigenvalue weighted by atomic mass is 10.0. The number of rotatable bonds is 6. The topological polar surface area (TPSA) is 114 Å². The molecule has 0 radical (unpaired) electrons. The van der Waals surface area contributed by atoms with Crippen LogP contribution in [0.3, 0.4) is 0 Å². The van der Waals surface area contributed by atoms with E-state index in [1.54, 1.807) is 6.08 Å². The minimum absolute atomic E-state index is 0.218. The molecule has 172 valence electrons. The predicted octanol–water partition coefficient (Wildman–Crippen LogP) is 3.06. The van der Waals surface area contributed by atoms with E-state index in [1.165, 1.54) is 12.8 Å². The van der Waals surface area contributed by atoms with Gasteiger partial charge in [-0.1, -0.05) is 6.58 Å². The first-order valence-corrected chi connectivity index (χ1v) is 12.1. The van der Waals surface area contributed by atoms with Crippen LogP contribution in [0.4, 0.5) is 17.5 Å². The van der Waals surface area contributed by atoms with E-state index in [1.807, 2.05) is 12.1 Å². The van der Waals surface area contributed by atoms with Crippen LogP contribution in [0.2, 0.25) is 0 Å². The average Bonchev–Trinajstić information content (AvgIpc) is 3.65. The fraction of sp³-hybridized carbons (Fsp3) is 0.520. The Hall–Kier alpha value is -3.16. The first-order chi connectivity index (χ1) is 16.0. The van der Waals surface area contributed by atoms with Gasteiger partial charge in [-0.3, -0.25) is 4.79 Å². The minimum Gasteiger partial charge on any atom is -0.396 e. The van der Waals surface area contributed by atoms with Crippen LogP contribution in [0.1, 0.15) is 55.8 Å². The van der Waals surface area contributed by atoms with Crippen molar-refractivity contribution in [1.82, 2.24) is 19.9 Å². The lowest BCUT2D eigenvalue weighted by molar-refractivity contribution is -0.135. The third kappa shape index (κ3) is 3.92. The Morgan fingerprint density at radius 2 is 1.82 bits per heavy atom. The van der Waals surface area contributed by atoms with Crippen LogP contribution in [0.5, 0.6) is 0 Å². The van der Waals surface area contributed by atoms with Crippen LogP contribution in [0, 0.1) is 11.8 Å². The molecule has 2 aromatic rings. The van der Waals surface area contributed by atoms with Gasteiger partial charge in [-0.25, -0.2) is 15.0 Å². The Morgan fingerprint density at radius 3 is 2.48 bits per heavy atom. The predicted molar refractivity (Wildman–Crippen MR) is 129 cm³/mol. The zero-order valence-electron chi connectivity index (χ0n) is 18.9. The van der Waals surface area contributed by atoms with E-state index in [4.69, 9.17) is 16.5 Å². The van der Waals surface area contributed by atoms with Crippen molar-refractivity contribution < 1.29 is 4.79 Å². The molecule has 3 saturated carbocycles. The second-order valence-corrected chi connectivity index (χ2v) is 10.0. The van der Waals surface area contributed by atoms with Crippen molar-refractivity contribution in [2.75, 3.05) is 36.0 Å². The van der Waals surface area contributed by atoms with Crippen molar-refractivity contribution in [1.29, 1.82) is 0 Å². The first-order valence-electron chi connectivity index (χ1n) is 12.1. The lowest BCUT2D eigenvalue weighted by Gasteiger charge is -2.43. The van der Waals surface area contributed by atoms with Gasteiger partial charge in [0.05, 0.1) is 28.8 Å². The molecule has 0 bridgehead atoms. The molecule has 1 saturated heterocycles. The van der Waals surface area contributed by atoms with Gasteiger partial charge in [0.25, 0.3) is 0 Å². The molecule has 0 aromatic carbocycles. The zero-order valence-corrected chi connectivity index (χ0v) is 18.9. The molecule has 8 heteroatoms. The highest BCUT2D eigenvalue weighted by molar-refractivity contribution is 5.82. The number of pyridine rings is 1. The van der Waals surface area contributed by atoms with Gasteiger partial charge >= 0.3 is 0 Å². The molecule has 2 aromatic heterocycles. The van der Waals surface area contributed by atoms with E-state index in [9.17, 15) is 4.79 Å². The highest BCUT2D eigenvalue weighted by atomic mass is 16.2. The van der Waals surface area contributed by atoms with Crippen molar-refractivity contribution >= 4 is 29.4 Å². The maximum Gasteiger partial charge on any atom is 0.226 e. The number of nitrogens with two attached hydrogens (primary N) is 2. The van der Waals surface area contributed by atoms with E-state index in [-0.39, 0.29) is 17.9 Å². The number of piperazine rings is 1. The zero-order chi connectivity index (χ0) is 22.7. The number of nitrogen functional groups attached to an aromatic ring is 2. The Morgan fingerprint density at radius 1 is 1.03 bits per heavy atom. The number of aromatic nitrogens is 3. The molecule has 6 rings (SSSR count). The quantitative estimate of drug-likeness (QED) is 0.702. The summed E-state index contributed by atoms with van der Waals surface area (Å²) < 4.78 is 0. The summed E-state index contributed by atoms with van der Waals surface area (Å²) in [5.41, 5.74) is 16.6. The third-order valence-corrected chi connectivity index (χ3v) is 7.37. The number of carbonyl (C=O) groups excluding carboxylic acids is 1. The van der Waals surface area contributed by atoms with Crippen LogP contribution < -0.4 is 16.4 Å². The lowest BCUT2D eigenvalue weighted by Crippen LogP contribution is -2.57. The van der Waals surface area contributed by atoms with Gasteiger partial charge in [-0.2, -0.15) is 0 Å². The van der Waals surface area contributed by atoms with Gasteiger partial charge in [0, 0.05) is 37.0 Å². The van der Waals surface area contributed by atoms with Crippen LogP contribution >= 0.6 is 0 Å². The van der Waals surface area contributed by atoms with Crippen LogP contribution in [0.25, 0.3) is 17.3 Å². The van der Waals surface area contributed by atoms with Crippen molar-refractivity contribution in [2.45, 2.75) is 50.5 Å². The van der Waals surface area contributed by atoms with Crippen molar-refractivity contribution in [3.63, 3.8) is 0 Å². The van der Waals surface area contributed by atoms with Gasteiger partial charge in [0.1, 0.15) is 0 Å². The molecule has 1 amide bonds. The molecule has 1 atom stereocenters. The number of amides is 1. The second-order valence-electron chi connectivity index (χ2n) is 10.0. The fourth-order valence-corrected chi connectivity index (χ4v) is 5.11. The monoisotopic (exact) mass is 445 g/mol. The summed E-state index contributed by atoms with van der Waals surface area (Å²) in [7, 11) is 0. The molecule has 4 aliphatic rings. The fourth-order valence-electron chi connectivity index (χ4n) is 5.11. The van der Waals surface area contributed by atoms with Gasteiger partial charge in [-0.05, 0) is 62.7 Å². The number of carbonyl (C=O) groups is 1. The molecule has 3 aliphatic carbocycles. The van der Waals surface area contributed by atoms with E-state index in [2.05, 4.69) is 26.3 Å². The molecule has 0 spiro atoms. The number of hydrogen-bond acceptors (Lipinski definition) is 7. The minimum atomic E-state index is 0.218. The Balaban J connectivity index is 1.33. The van der Waals surface area contributed by atoms with Crippen molar-refractivity contribution in [3.05, 3.63) is 30.1 Å². The molecule has 8 nitrogen and oxygen atoms in total. The standard InChI is InChI=1S/C25H31N7O/c1-2-17-11-20(29-25(27)28-17)18-12-19(26)23(30-22(18)15-5-6-15)31-9-10-32(24(33)16-7-8-16)21(13-31)14-3-4-14/h2,11-12,14-16,21H,1,3-10,13,26H2,(H2,27,28,29)/t21-/m0/s1.